The third kappa shape index (κ3) is 2.62. The fourth-order valence-electron chi connectivity index (χ4n) is 2.41. The van der Waals surface area contributed by atoms with Gasteiger partial charge in [-0.2, -0.15) is 0 Å². The minimum Gasteiger partial charge on any atom is -0.382 e. The van der Waals surface area contributed by atoms with Crippen LogP contribution in [0.1, 0.15) is 12.8 Å². The number of nitrogens with zero attached hydrogens (tertiary/aromatic N) is 2. The van der Waals surface area contributed by atoms with Crippen molar-refractivity contribution in [3.05, 3.63) is 42.6 Å². The Morgan fingerprint density at radius 2 is 1.79 bits per heavy atom. The molecule has 0 radical (unpaired) electrons. The van der Waals surface area contributed by atoms with Crippen LogP contribution in [-0.4, -0.2) is 18.1 Å². The van der Waals surface area contributed by atoms with Crippen molar-refractivity contribution in [1.29, 1.82) is 0 Å². The second-order valence-electron chi connectivity index (χ2n) is 4.80. The largest absolute Gasteiger partial charge is 0.382 e. The minimum absolute atomic E-state index is 0.520. The van der Waals surface area contributed by atoms with Crippen LogP contribution >= 0.6 is 0 Å². The Balaban J connectivity index is 1.74. The molecule has 98 valence electrons. The van der Waals surface area contributed by atoms with Crippen molar-refractivity contribution >= 4 is 22.9 Å². The summed E-state index contributed by atoms with van der Waals surface area (Å²) in [7, 11) is 0. The van der Waals surface area contributed by atoms with E-state index < -0.39 is 0 Å². The fraction of sp³-hybridized carbons (Fsp3) is 0.267. The van der Waals surface area contributed by atoms with E-state index in [2.05, 4.69) is 39.5 Å². The number of nitrogens with one attached hydrogen (secondary N) is 1. The summed E-state index contributed by atoms with van der Waals surface area (Å²) in [6, 6.07) is 12.3. The topological polar surface area (TPSA) is 54.2 Å². The molecule has 0 unspecified atom stereocenters. The van der Waals surface area contributed by atoms with Crippen LogP contribution in [0.5, 0.6) is 0 Å². The Bertz CT molecular complexity index is 544. The second kappa shape index (κ2) is 5.18. The van der Waals surface area contributed by atoms with Crippen molar-refractivity contribution in [3.8, 4) is 0 Å². The van der Waals surface area contributed by atoms with E-state index >= 15 is 0 Å². The second-order valence-corrected chi connectivity index (χ2v) is 4.80. The Morgan fingerprint density at radius 3 is 2.47 bits per heavy atom. The van der Waals surface area contributed by atoms with Crippen LogP contribution in [-0.2, 0) is 0 Å². The minimum atomic E-state index is 0.520. The molecule has 0 saturated carbocycles. The molecule has 2 heterocycles. The van der Waals surface area contributed by atoms with Crippen molar-refractivity contribution in [1.82, 2.24) is 4.98 Å². The monoisotopic (exact) mass is 254 g/mol. The van der Waals surface area contributed by atoms with E-state index in [1.54, 1.807) is 6.20 Å². The first-order valence-corrected chi connectivity index (χ1v) is 6.65. The summed E-state index contributed by atoms with van der Waals surface area (Å²) in [4.78, 5) is 6.48. The summed E-state index contributed by atoms with van der Waals surface area (Å²) in [5, 5.41) is 3.28. The molecule has 0 bridgehead atoms. The van der Waals surface area contributed by atoms with E-state index in [-0.39, 0.29) is 0 Å². The van der Waals surface area contributed by atoms with E-state index in [0.717, 1.165) is 11.4 Å². The third-order valence-corrected chi connectivity index (χ3v) is 3.46. The summed E-state index contributed by atoms with van der Waals surface area (Å²) in [5.74, 6) is 0.520. The predicted octanol–water partition coefficient (Wildman–Crippen LogP) is 3.01. The number of benzene rings is 1. The number of pyridine rings is 1. The molecular formula is C15H18N4. The molecule has 4 nitrogen and oxygen atoms in total. The lowest BCUT2D eigenvalue weighted by Gasteiger charge is -2.18. The van der Waals surface area contributed by atoms with Crippen molar-refractivity contribution in [2.75, 3.05) is 29.0 Å². The lowest BCUT2D eigenvalue weighted by molar-refractivity contribution is 0.949. The van der Waals surface area contributed by atoms with E-state index in [1.807, 2.05) is 12.1 Å². The van der Waals surface area contributed by atoms with Gasteiger partial charge in [-0.1, -0.05) is 0 Å². The molecule has 1 aromatic carbocycles. The highest BCUT2D eigenvalue weighted by molar-refractivity contribution is 5.70. The lowest BCUT2D eigenvalue weighted by Crippen LogP contribution is -2.17. The quantitative estimate of drug-likeness (QED) is 0.884. The molecular weight excluding hydrogens is 236 g/mol. The summed E-state index contributed by atoms with van der Waals surface area (Å²) in [6.45, 7) is 2.34. The molecule has 1 fully saturated rings. The molecule has 1 aliphatic heterocycles. The summed E-state index contributed by atoms with van der Waals surface area (Å²) >= 11 is 0. The zero-order valence-electron chi connectivity index (χ0n) is 10.8. The van der Waals surface area contributed by atoms with Crippen LogP contribution in [0.15, 0.2) is 42.6 Å². The van der Waals surface area contributed by atoms with Gasteiger partial charge in [0.15, 0.2) is 0 Å². The van der Waals surface area contributed by atoms with Gasteiger partial charge in [-0.3, -0.25) is 0 Å². The van der Waals surface area contributed by atoms with Crippen LogP contribution < -0.4 is 16.0 Å². The van der Waals surface area contributed by atoms with Gasteiger partial charge in [0.05, 0.1) is 5.69 Å². The van der Waals surface area contributed by atoms with Crippen molar-refractivity contribution in [2.24, 2.45) is 0 Å². The fourth-order valence-corrected chi connectivity index (χ4v) is 2.41. The Hall–Kier alpha value is -2.23. The highest BCUT2D eigenvalue weighted by Crippen LogP contribution is 2.25. The molecule has 4 heteroatoms. The lowest BCUT2D eigenvalue weighted by atomic mass is 10.2. The van der Waals surface area contributed by atoms with Crippen LogP contribution in [0.2, 0.25) is 0 Å². The molecule has 1 aromatic heterocycles. The van der Waals surface area contributed by atoms with Crippen molar-refractivity contribution in [2.45, 2.75) is 12.8 Å². The molecule has 1 aliphatic rings. The predicted molar refractivity (Wildman–Crippen MR) is 79.8 cm³/mol. The van der Waals surface area contributed by atoms with Crippen LogP contribution in [0.4, 0.5) is 22.9 Å². The molecule has 19 heavy (non-hydrogen) atoms. The Kier molecular flexibility index (Phi) is 3.23. The summed E-state index contributed by atoms with van der Waals surface area (Å²) in [5.41, 5.74) is 8.98. The van der Waals surface area contributed by atoms with Gasteiger partial charge in [0.25, 0.3) is 0 Å². The maximum absolute atomic E-state index is 5.82. The number of anilines is 4. The first-order valence-electron chi connectivity index (χ1n) is 6.65. The highest BCUT2D eigenvalue weighted by Gasteiger charge is 2.11. The molecule has 3 N–H and O–H groups in total. The van der Waals surface area contributed by atoms with E-state index in [1.165, 1.54) is 31.6 Å². The zero-order valence-corrected chi connectivity index (χ0v) is 10.8. The van der Waals surface area contributed by atoms with E-state index in [9.17, 15) is 0 Å². The standard InChI is InChI=1S/C15H18N4/c16-15-14(4-3-9-17-15)18-12-5-7-13(8-6-12)19-10-1-2-11-19/h3-9,18H,1-2,10-11H2,(H2,16,17). The molecule has 2 aromatic rings. The van der Waals surface area contributed by atoms with Gasteiger partial charge in [0, 0.05) is 30.7 Å². The van der Waals surface area contributed by atoms with E-state index in [4.69, 9.17) is 5.73 Å². The van der Waals surface area contributed by atoms with Gasteiger partial charge in [0.1, 0.15) is 5.82 Å². The van der Waals surface area contributed by atoms with Gasteiger partial charge < -0.3 is 16.0 Å². The SMILES string of the molecule is Nc1ncccc1Nc1ccc(N2CCCC2)cc1. The number of hydrogen-bond acceptors (Lipinski definition) is 4. The van der Waals surface area contributed by atoms with Crippen LogP contribution in [0.3, 0.4) is 0 Å². The van der Waals surface area contributed by atoms with Gasteiger partial charge in [-0.25, -0.2) is 4.98 Å². The first-order chi connectivity index (χ1) is 9.33. The molecule has 0 aliphatic carbocycles. The maximum Gasteiger partial charge on any atom is 0.147 e. The average Bonchev–Trinajstić information content (AvgIpc) is 2.96. The van der Waals surface area contributed by atoms with Gasteiger partial charge in [0.2, 0.25) is 0 Å². The van der Waals surface area contributed by atoms with E-state index in [0.29, 0.717) is 5.82 Å². The van der Waals surface area contributed by atoms with Crippen LogP contribution in [0, 0.1) is 0 Å². The summed E-state index contributed by atoms with van der Waals surface area (Å²) < 4.78 is 0. The normalized spacial score (nSPS) is 14.6. The third-order valence-electron chi connectivity index (χ3n) is 3.46. The smallest absolute Gasteiger partial charge is 0.147 e. The number of aromatic nitrogens is 1. The Morgan fingerprint density at radius 1 is 1.05 bits per heavy atom. The number of rotatable bonds is 3. The molecule has 0 spiro atoms. The maximum atomic E-state index is 5.82. The zero-order chi connectivity index (χ0) is 13.1. The van der Waals surface area contributed by atoms with Gasteiger partial charge in [-0.05, 0) is 49.2 Å². The first kappa shape index (κ1) is 11.8. The molecule has 0 amide bonds. The summed E-state index contributed by atoms with van der Waals surface area (Å²) in [6.07, 6.45) is 4.29. The molecule has 3 rings (SSSR count). The molecule has 0 atom stereocenters. The van der Waals surface area contributed by atoms with Gasteiger partial charge in [-0.15, -0.1) is 0 Å². The van der Waals surface area contributed by atoms with Gasteiger partial charge >= 0.3 is 0 Å². The number of nitrogen functional groups attached to an aromatic ring is 1. The highest BCUT2D eigenvalue weighted by atomic mass is 15.1. The molecule has 1 saturated heterocycles. The van der Waals surface area contributed by atoms with Crippen LogP contribution in [0.25, 0.3) is 0 Å². The van der Waals surface area contributed by atoms with Crippen molar-refractivity contribution in [3.63, 3.8) is 0 Å². The number of nitrogens with two attached hydrogens (primary N) is 1. The van der Waals surface area contributed by atoms with Crippen molar-refractivity contribution < 1.29 is 0 Å². The number of hydrogen-bond donors (Lipinski definition) is 2. The Labute approximate surface area is 113 Å². The average molecular weight is 254 g/mol.